The average molecular weight is 457 g/mol. The van der Waals surface area contributed by atoms with E-state index in [2.05, 4.69) is 66.6 Å². The zero-order valence-corrected chi connectivity index (χ0v) is 19.5. The maximum Gasteiger partial charge on any atom is 0.174 e. The molecule has 1 aromatic carbocycles. The Morgan fingerprint density at radius 2 is 1.87 bits per heavy atom. The third kappa shape index (κ3) is 4.36. The van der Waals surface area contributed by atoms with E-state index >= 15 is 0 Å². The molecule has 0 amide bonds. The fourth-order valence-corrected chi connectivity index (χ4v) is 6.05. The molecule has 1 atom stereocenters. The first kappa shape index (κ1) is 20.9. The monoisotopic (exact) mass is 456 g/mol. The molecular weight excluding hydrogens is 428 g/mol. The summed E-state index contributed by atoms with van der Waals surface area (Å²) in [4.78, 5) is 6.32. The Hall–Kier alpha value is -1.96. The van der Waals surface area contributed by atoms with Gasteiger partial charge in [-0.15, -0.1) is 16.4 Å². The van der Waals surface area contributed by atoms with E-state index in [-0.39, 0.29) is 6.04 Å². The lowest BCUT2D eigenvalue weighted by Gasteiger charge is -2.40. The minimum Gasteiger partial charge on any atom is -0.369 e. The molecule has 31 heavy (non-hydrogen) atoms. The van der Waals surface area contributed by atoms with Crippen molar-refractivity contribution in [3.63, 3.8) is 0 Å². The Kier molecular flexibility index (Phi) is 6.25. The van der Waals surface area contributed by atoms with Crippen LogP contribution in [0.4, 0.5) is 5.69 Å². The fourth-order valence-electron chi connectivity index (χ4n) is 5.03. The molecule has 1 saturated carbocycles. The van der Waals surface area contributed by atoms with Crippen LogP contribution in [0.3, 0.4) is 0 Å². The Morgan fingerprint density at radius 1 is 1.06 bits per heavy atom. The number of hydrogen-bond donors (Lipinski definition) is 0. The topological polar surface area (TPSA) is 50.1 Å². The van der Waals surface area contributed by atoms with Crippen molar-refractivity contribution in [2.75, 3.05) is 31.1 Å². The lowest BCUT2D eigenvalue weighted by Crippen LogP contribution is -2.48. The predicted octanol–water partition coefficient (Wildman–Crippen LogP) is 5.11. The number of rotatable bonds is 5. The van der Waals surface area contributed by atoms with Crippen LogP contribution in [0.5, 0.6) is 0 Å². The number of aryl methyl sites for hydroxylation is 1. The normalized spacial score (nSPS) is 19.6. The first-order valence-corrected chi connectivity index (χ1v) is 12.5. The maximum atomic E-state index is 6.28. The number of thiophene rings is 1. The van der Waals surface area contributed by atoms with Crippen LogP contribution in [-0.2, 0) is 0 Å². The van der Waals surface area contributed by atoms with Gasteiger partial charge in [-0.1, -0.05) is 43.0 Å². The Labute approximate surface area is 192 Å². The molecule has 0 bridgehead atoms. The number of hydrogen-bond acceptors (Lipinski definition) is 6. The van der Waals surface area contributed by atoms with Gasteiger partial charge in [0, 0.05) is 41.8 Å². The number of piperazine rings is 1. The van der Waals surface area contributed by atoms with Crippen LogP contribution in [-0.4, -0.2) is 51.3 Å². The number of halogens is 1. The summed E-state index contributed by atoms with van der Waals surface area (Å²) >= 11 is 8.08. The van der Waals surface area contributed by atoms with Gasteiger partial charge in [-0.05, 0) is 59.3 Å². The van der Waals surface area contributed by atoms with Gasteiger partial charge in [-0.25, -0.2) is 4.68 Å². The molecule has 1 unspecified atom stereocenters. The molecule has 3 heterocycles. The van der Waals surface area contributed by atoms with Crippen LogP contribution in [0.1, 0.15) is 60.5 Å². The van der Waals surface area contributed by atoms with Crippen LogP contribution >= 0.6 is 22.9 Å². The predicted molar refractivity (Wildman–Crippen MR) is 126 cm³/mol. The largest absolute Gasteiger partial charge is 0.369 e. The molecule has 2 aromatic heterocycles. The van der Waals surface area contributed by atoms with E-state index in [1.54, 1.807) is 11.3 Å². The molecule has 2 fully saturated rings. The molecule has 164 valence electrons. The molecule has 6 nitrogen and oxygen atoms in total. The lowest BCUT2D eigenvalue weighted by molar-refractivity contribution is 0.196. The van der Waals surface area contributed by atoms with E-state index in [9.17, 15) is 0 Å². The van der Waals surface area contributed by atoms with Crippen molar-refractivity contribution in [2.24, 2.45) is 0 Å². The second-order valence-electron chi connectivity index (χ2n) is 8.65. The zero-order valence-electron chi connectivity index (χ0n) is 18.0. The summed E-state index contributed by atoms with van der Waals surface area (Å²) in [6.45, 7) is 6.02. The van der Waals surface area contributed by atoms with Gasteiger partial charge in [0.2, 0.25) is 0 Å². The highest BCUT2D eigenvalue weighted by Crippen LogP contribution is 2.36. The van der Waals surface area contributed by atoms with E-state index in [1.807, 2.05) is 6.07 Å². The summed E-state index contributed by atoms with van der Waals surface area (Å²) < 4.78 is 2.14. The highest BCUT2D eigenvalue weighted by atomic mass is 35.5. The van der Waals surface area contributed by atoms with Gasteiger partial charge in [-0.2, -0.15) is 0 Å². The molecule has 1 aliphatic heterocycles. The molecule has 0 spiro atoms. The SMILES string of the molecule is Cc1ccc(Cl)cc1N1CCN(C(c2cccs2)c2nnnn2C2CCCCC2)CC1. The number of nitrogens with zero attached hydrogens (tertiary/aromatic N) is 6. The molecule has 1 saturated heterocycles. The first-order valence-electron chi connectivity index (χ1n) is 11.3. The third-order valence-electron chi connectivity index (χ3n) is 6.69. The number of tetrazole rings is 1. The molecule has 0 N–H and O–H groups in total. The second-order valence-corrected chi connectivity index (χ2v) is 10.1. The van der Waals surface area contributed by atoms with Gasteiger partial charge in [0.25, 0.3) is 0 Å². The minimum absolute atomic E-state index is 0.111. The van der Waals surface area contributed by atoms with Crippen LogP contribution in [0.2, 0.25) is 5.02 Å². The van der Waals surface area contributed by atoms with Gasteiger partial charge >= 0.3 is 0 Å². The standard InChI is InChI=1S/C23H29ClN6S/c1-17-9-10-18(24)16-20(17)28-11-13-29(14-12-28)22(21-8-5-15-31-21)23-25-26-27-30(23)19-6-3-2-4-7-19/h5,8-10,15-16,19,22H,2-4,6-7,11-14H2,1H3. The van der Waals surface area contributed by atoms with Crippen molar-refractivity contribution in [1.82, 2.24) is 25.1 Å². The van der Waals surface area contributed by atoms with E-state index in [1.165, 1.54) is 48.2 Å². The van der Waals surface area contributed by atoms with Crippen molar-refractivity contribution >= 4 is 28.6 Å². The number of benzene rings is 1. The average Bonchev–Trinajstić information content (AvgIpc) is 3.50. The smallest absolute Gasteiger partial charge is 0.174 e. The van der Waals surface area contributed by atoms with Crippen molar-refractivity contribution in [3.05, 3.63) is 57.0 Å². The van der Waals surface area contributed by atoms with Crippen LogP contribution in [0, 0.1) is 6.92 Å². The van der Waals surface area contributed by atoms with Crippen LogP contribution in [0.25, 0.3) is 0 Å². The van der Waals surface area contributed by atoms with Gasteiger partial charge in [0.05, 0.1) is 6.04 Å². The Morgan fingerprint density at radius 3 is 2.61 bits per heavy atom. The molecular formula is C23H29ClN6S. The Bertz CT molecular complexity index is 989. The van der Waals surface area contributed by atoms with Gasteiger partial charge in [0.15, 0.2) is 5.82 Å². The van der Waals surface area contributed by atoms with E-state index in [0.29, 0.717) is 6.04 Å². The van der Waals surface area contributed by atoms with Crippen LogP contribution in [0.15, 0.2) is 35.7 Å². The summed E-state index contributed by atoms with van der Waals surface area (Å²) in [6, 6.07) is 11.1. The zero-order chi connectivity index (χ0) is 21.2. The molecule has 1 aliphatic carbocycles. The lowest BCUT2D eigenvalue weighted by atomic mass is 9.95. The molecule has 5 rings (SSSR count). The van der Waals surface area contributed by atoms with Crippen LogP contribution < -0.4 is 4.90 Å². The molecule has 3 aromatic rings. The highest BCUT2D eigenvalue weighted by Gasteiger charge is 2.33. The van der Waals surface area contributed by atoms with Gasteiger partial charge < -0.3 is 4.90 Å². The van der Waals surface area contributed by atoms with Gasteiger partial charge in [-0.3, -0.25) is 4.90 Å². The van der Waals surface area contributed by atoms with Gasteiger partial charge in [0.1, 0.15) is 6.04 Å². The quantitative estimate of drug-likeness (QED) is 0.533. The molecule has 2 aliphatic rings. The summed E-state index contributed by atoms with van der Waals surface area (Å²) in [5.74, 6) is 1.00. The summed E-state index contributed by atoms with van der Waals surface area (Å²) in [5.41, 5.74) is 2.51. The number of aromatic nitrogens is 4. The maximum absolute atomic E-state index is 6.28. The van der Waals surface area contributed by atoms with Crippen molar-refractivity contribution in [1.29, 1.82) is 0 Å². The summed E-state index contributed by atoms with van der Waals surface area (Å²) in [7, 11) is 0. The van der Waals surface area contributed by atoms with Crippen molar-refractivity contribution in [2.45, 2.75) is 51.1 Å². The summed E-state index contributed by atoms with van der Waals surface area (Å²) in [5, 5.41) is 16.1. The van der Waals surface area contributed by atoms with E-state index < -0.39 is 0 Å². The Balaban J connectivity index is 1.39. The molecule has 0 radical (unpaired) electrons. The highest BCUT2D eigenvalue weighted by molar-refractivity contribution is 7.10. The van der Waals surface area contributed by atoms with Crippen molar-refractivity contribution < 1.29 is 0 Å². The van der Waals surface area contributed by atoms with E-state index in [4.69, 9.17) is 11.6 Å². The molecule has 8 heteroatoms. The number of anilines is 1. The summed E-state index contributed by atoms with van der Waals surface area (Å²) in [6.07, 6.45) is 6.22. The fraction of sp³-hybridized carbons (Fsp3) is 0.522. The minimum atomic E-state index is 0.111. The van der Waals surface area contributed by atoms with Crippen molar-refractivity contribution in [3.8, 4) is 0 Å². The third-order valence-corrected chi connectivity index (χ3v) is 7.85. The van der Waals surface area contributed by atoms with E-state index in [0.717, 1.165) is 37.0 Å². The first-order chi connectivity index (χ1) is 15.2. The second kappa shape index (κ2) is 9.27.